The first-order valence-corrected chi connectivity index (χ1v) is 4.69. The number of carbonyl (C=O) groups excluding carboxylic acids is 1. The fraction of sp³-hybridized carbons (Fsp3) is 0.778. The van der Waals surface area contributed by atoms with Crippen LogP contribution in [0, 0.1) is 0 Å². The Bertz CT molecular complexity index is 256. The van der Waals surface area contributed by atoms with Gasteiger partial charge in [0.2, 0.25) is 11.6 Å². The molecule has 1 aliphatic rings. The number of likely N-dealkylation sites (tertiary alicyclic amines) is 1. The quantitative estimate of drug-likeness (QED) is 0.738. The largest absolute Gasteiger partial charge is 0.479 e. The molecule has 1 rings (SSSR count). The van der Waals surface area contributed by atoms with Gasteiger partial charge in [-0.15, -0.1) is 0 Å². The van der Waals surface area contributed by atoms with Gasteiger partial charge in [-0.05, 0) is 6.42 Å². The van der Waals surface area contributed by atoms with Gasteiger partial charge >= 0.3 is 5.97 Å². The minimum Gasteiger partial charge on any atom is -0.479 e. The molecule has 0 spiro atoms. The Hall–Kier alpha value is -1.13. The molecular formula is C9H14FNO3. The van der Waals surface area contributed by atoms with Gasteiger partial charge in [0.15, 0.2) is 0 Å². The van der Waals surface area contributed by atoms with Crippen LogP contribution in [0.25, 0.3) is 0 Å². The van der Waals surface area contributed by atoms with Crippen molar-refractivity contribution in [3.63, 3.8) is 0 Å². The number of hydrogen-bond acceptors (Lipinski definition) is 2. The normalized spacial score (nSPS) is 26.6. The van der Waals surface area contributed by atoms with Gasteiger partial charge in [0.25, 0.3) is 0 Å². The maximum atomic E-state index is 13.5. The number of nitrogens with zero attached hydrogens (tertiary/aromatic N) is 1. The first-order chi connectivity index (χ1) is 6.49. The lowest BCUT2D eigenvalue weighted by molar-refractivity contribution is -0.150. The fourth-order valence-electron chi connectivity index (χ4n) is 1.53. The van der Waals surface area contributed by atoms with Gasteiger partial charge in [0.05, 0.1) is 6.54 Å². The predicted molar refractivity (Wildman–Crippen MR) is 47.6 cm³/mol. The van der Waals surface area contributed by atoms with Crippen LogP contribution in [-0.4, -0.2) is 40.6 Å². The molecule has 0 aromatic heterocycles. The van der Waals surface area contributed by atoms with E-state index in [2.05, 4.69) is 0 Å². The molecule has 4 nitrogen and oxygen atoms in total. The van der Waals surface area contributed by atoms with E-state index >= 15 is 0 Å². The van der Waals surface area contributed by atoms with Gasteiger partial charge in [-0.2, -0.15) is 0 Å². The van der Waals surface area contributed by atoms with Crippen LogP contribution in [0.4, 0.5) is 4.39 Å². The highest BCUT2D eigenvalue weighted by Gasteiger charge is 2.46. The molecule has 0 saturated carbocycles. The van der Waals surface area contributed by atoms with E-state index in [0.717, 1.165) is 0 Å². The highest BCUT2D eigenvalue weighted by atomic mass is 19.1. The summed E-state index contributed by atoms with van der Waals surface area (Å²) in [5.41, 5.74) is -2.23. The number of aliphatic carboxylic acids is 1. The number of rotatable bonds is 3. The number of carbonyl (C=O) groups is 2. The molecule has 0 aromatic rings. The van der Waals surface area contributed by atoms with Crippen LogP contribution < -0.4 is 0 Å². The molecule has 0 radical (unpaired) electrons. The zero-order chi connectivity index (χ0) is 10.8. The van der Waals surface area contributed by atoms with Gasteiger partial charge in [0.1, 0.15) is 0 Å². The van der Waals surface area contributed by atoms with Crippen molar-refractivity contribution < 1.29 is 19.1 Å². The zero-order valence-corrected chi connectivity index (χ0v) is 8.12. The third kappa shape index (κ3) is 2.02. The van der Waals surface area contributed by atoms with Crippen LogP contribution in [-0.2, 0) is 9.59 Å². The second-order valence-electron chi connectivity index (χ2n) is 3.59. The molecule has 1 atom stereocenters. The molecule has 80 valence electrons. The highest BCUT2D eigenvalue weighted by molar-refractivity contribution is 5.82. The smallest absolute Gasteiger partial charge is 0.343 e. The van der Waals surface area contributed by atoms with E-state index in [0.29, 0.717) is 12.8 Å². The number of alkyl halides is 1. The Morgan fingerprint density at radius 2 is 2.21 bits per heavy atom. The average molecular weight is 203 g/mol. The van der Waals surface area contributed by atoms with Crippen LogP contribution in [0.1, 0.15) is 26.2 Å². The molecule has 1 heterocycles. The lowest BCUT2D eigenvalue weighted by atomic mass is 10.1. The summed E-state index contributed by atoms with van der Waals surface area (Å²) < 4.78 is 13.5. The second kappa shape index (κ2) is 3.94. The summed E-state index contributed by atoms with van der Waals surface area (Å²) in [4.78, 5) is 23.1. The minimum atomic E-state index is -2.23. The first-order valence-electron chi connectivity index (χ1n) is 4.69. The summed E-state index contributed by atoms with van der Waals surface area (Å²) in [6, 6.07) is 0. The summed E-state index contributed by atoms with van der Waals surface area (Å²) in [5.74, 6) is -1.63. The van der Waals surface area contributed by atoms with Crippen molar-refractivity contribution >= 4 is 11.9 Å². The van der Waals surface area contributed by atoms with Crippen LogP contribution in [0.3, 0.4) is 0 Å². The monoisotopic (exact) mass is 203 g/mol. The van der Waals surface area contributed by atoms with E-state index in [1.165, 1.54) is 4.90 Å². The van der Waals surface area contributed by atoms with Gasteiger partial charge in [-0.3, -0.25) is 4.79 Å². The van der Waals surface area contributed by atoms with Crippen molar-refractivity contribution in [2.24, 2.45) is 0 Å². The molecule has 1 N–H and O–H groups in total. The maximum absolute atomic E-state index is 13.5. The van der Waals surface area contributed by atoms with Crippen LogP contribution in [0.2, 0.25) is 0 Å². The molecule has 1 amide bonds. The summed E-state index contributed by atoms with van der Waals surface area (Å²) in [7, 11) is 0. The average Bonchev–Trinajstić information content (AvgIpc) is 2.50. The molecule has 1 unspecified atom stereocenters. The van der Waals surface area contributed by atoms with Crippen LogP contribution in [0.15, 0.2) is 0 Å². The van der Waals surface area contributed by atoms with Crippen molar-refractivity contribution in [1.82, 2.24) is 4.90 Å². The van der Waals surface area contributed by atoms with Crippen molar-refractivity contribution in [2.45, 2.75) is 31.9 Å². The predicted octanol–water partition coefficient (Wildman–Crippen LogP) is 0.812. The van der Waals surface area contributed by atoms with Crippen LogP contribution >= 0.6 is 0 Å². The topological polar surface area (TPSA) is 57.6 Å². The standard InChI is InChI=1S/C9H14FNO3/c1-2-3-7(12)11-5-4-9(10,6-11)8(13)14/h2-6H2,1H3,(H,13,14). The molecule has 14 heavy (non-hydrogen) atoms. The summed E-state index contributed by atoms with van der Waals surface area (Å²) in [6.07, 6.45) is 0.954. The molecular weight excluding hydrogens is 189 g/mol. The zero-order valence-electron chi connectivity index (χ0n) is 8.12. The van der Waals surface area contributed by atoms with Gasteiger partial charge in [0, 0.05) is 19.4 Å². The summed E-state index contributed by atoms with van der Waals surface area (Å²) >= 11 is 0. The first kappa shape index (κ1) is 10.9. The number of hydrogen-bond donors (Lipinski definition) is 1. The van der Waals surface area contributed by atoms with Crippen molar-refractivity contribution in [3.05, 3.63) is 0 Å². The Morgan fingerprint density at radius 1 is 1.57 bits per heavy atom. The van der Waals surface area contributed by atoms with Crippen molar-refractivity contribution in [3.8, 4) is 0 Å². The lowest BCUT2D eigenvalue weighted by Crippen LogP contribution is -2.38. The Kier molecular flexibility index (Phi) is 3.08. The van der Waals surface area contributed by atoms with E-state index in [9.17, 15) is 14.0 Å². The van der Waals surface area contributed by atoms with E-state index in [4.69, 9.17) is 5.11 Å². The molecule has 1 saturated heterocycles. The molecule has 1 fully saturated rings. The summed E-state index contributed by atoms with van der Waals surface area (Å²) in [6.45, 7) is 1.76. The second-order valence-corrected chi connectivity index (χ2v) is 3.59. The number of amides is 1. The van der Waals surface area contributed by atoms with E-state index in [-0.39, 0.29) is 25.4 Å². The third-order valence-electron chi connectivity index (χ3n) is 2.42. The highest BCUT2D eigenvalue weighted by Crippen LogP contribution is 2.26. The van der Waals surface area contributed by atoms with E-state index in [1.807, 2.05) is 6.92 Å². The molecule has 5 heteroatoms. The SMILES string of the molecule is CCCC(=O)N1CCC(F)(C(=O)O)C1. The molecule has 0 bridgehead atoms. The van der Waals surface area contributed by atoms with Crippen molar-refractivity contribution in [1.29, 1.82) is 0 Å². The van der Waals surface area contributed by atoms with Gasteiger partial charge in [-0.1, -0.05) is 6.92 Å². The van der Waals surface area contributed by atoms with Gasteiger partial charge in [-0.25, -0.2) is 9.18 Å². The number of halogens is 1. The minimum absolute atomic E-state index is 0.0994. The Morgan fingerprint density at radius 3 is 2.64 bits per heavy atom. The van der Waals surface area contributed by atoms with E-state index in [1.54, 1.807) is 0 Å². The summed E-state index contributed by atoms with van der Waals surface area (Å²) in [5, 5.41) is 8.59. The van der Waals surface area contributed by atoms with Crippen LogP contribution in [0.5, 0.6) is 0 Å². The van der Waals surface area contributed by atoms with Gasteiger partial charge < -0.3 is 10.0 Å². The maximum Gasteiger partial charge on any atom is 0.343 e. The third-order valence-corrected chi connectivity index (χ3v) is 2.42. The lowest BCUT2D eigenvalue weighted by Gasteiger charge is -2.17. The Balaban J connectivity index is 2.56. The number of carboxylic acid groups (broad SMARTS) is 1. The number of carboxylic acids is 1. The van der Waals surface area contributed by atoms with Crippen molar-refractivity contribution in [2.75, 3.05) is 13.1 Å². The molecule has 1 aliphatic heterocycles. The fourth-order valence-corrected chi connectivity index (χ4v) is 1.53. The Labute approximate surface area is 81.7 Å². The molecule has 0 aromatic carbocycles. The van der Waals surface area contributed by atoms with E-state index < -0.39 is 11.6 Å². The molecule has 0 aliphatic carbocycles.